The van der Waals surface area contributed by atoms with Crippen molar-refractivity contribution in [1.82, 2.24) is 5.32 Å². The molecule has 0 bridgehead atoms. The van der Waals surface area contributed by atoms with Crippen LogP contribution in [0.2, 0.25) is 0 Å². The number of terminal acetylenes is 1. The molecule has 0 aliphatic heterocycles. The van der Waals surface area contributed by atoms with Crippen LogP contribution in [0.15, 0.2) is 84.9 Å². The number of nitrogens with zero attached hydrogens (tertiary/aromatic N) is 2. The highest BCUT2D eigenvalue weighted by atomic mass is 16.2. The summed E-state index contributed by atoms with van der Waals surface area (Å²) < 4.78 is 0. The highest BCUT2D eigenvalue weighted by Crippen LogP contribution is 2.28. The van der Waals surface area contributed by atoms with E-state index in [4.69, 9.17) is 6.42 Å². The second-order valence-electron chi connectivity index (χ2n) is 6.50. The molecule has 1 unspecified atom stereocenters. The van der Waals surface area contributed by atoms with E-state index in [9.17, 15) is 14.9 Å². The lowest BCUT2D eigenvalue weighted by atomic mass is 10.0. The molecule has 3 rings (SSSR count). The van der Waals surface area contributed by atoms with Crippen LogP contribution in [-0.4, -0.2) is 11.8 Å². The summed E-state index contributed by atoms with van der Waals surface area (Å²) in [6, 6.07) is 25.9. The van der Waals surface area contributed by atoms with Crippen molar-refractivity contribution >= 4 is 17.5 Å². The standard InChI is InChI=1S/C25H19N3O2/c1-2-23(29)28(22-15-9-12-20(16-22)17-26)24(21-13-7-4-8-14-21)25(30)27-18-19-10-5-3-6-11-19/h1,3-16,24H,18H2,(H,27,30). The first kappa shape index (κ1) is 20.4. The van der Waals surface area contributed by atoms with Crippen molar-refractivity contribution in [3.05, 3.63) is 102 Å². The summed E-state index contributed by atoms with van der Waals surface area (Å²) in [4.78, 5) is 27.2. The van der Waals surface area contributed by atoms with Crippen LogP contribution in [0, 0.1) is 23.7 Å². The third-order valence-corrected chi connectivity index (χ3v) is 4.53. The monoisotopic (exact) mass is 393 g/mol. The van der Waals surface area contributed by atoms with Gasteiger partial charge in [0.2, 0.25) is 5.91 Å². The zero-order valence-electron chi connectivity index (χ0n) is 16.2. The smallest absolute Gasteiger partial charge is 0.303 e. The molecule has 1 atom stereocenters. The van der Waals surface area contributed by atoms with E-state index in [1.807, 2.05) is 42.5 Å². The third kappa shape index (κ3) is 4.73. The second-order valence-corrected chi connectivity index (χ2v) is 6.50. The molecular formula is C25H19N3O2. The molecule has 2 amide bonds. The van der Waals surface area contributed by atoms with Gasteiger partial charge in [-0.2, -0.15) is 5.26 Å². The first-order valence-electron chi connectivity index (χ1n) is 9.30. The van der Waals surface area contributed by atoms with Crippen molar-refractivity contribution < 1.29 is 9.59 Å². The molecule has 0 aliphatic carbocycles. The maximum atomic E-state index is 13.3. The second kappa shape index (κ2) is 9.73. The Bertz CT molecular complexity index is 1110. The van der Waals surface area contributed by atoms with Crippen molar-refractivity contribution in [2.45, 2.75) is 12.6 Å². The minimum Gasteiger partial charge on any atom is -0.350 e. The Balaban J connectivity index is 2.02. The van der Waals surface area contributed by atoms with Crippen LogP contribution in [0.4, 0.5) is 5.69 Å². The topological polar surface area (TPSA) is 73.2 Å². The quantitative estimate of drug-likeness (QED) is 0.651. The molecule has 0 aromatic heterocycles. The van der Waals surface area contributed by atoms with Gasteiger partial charge in [-0.1, -0.05) is 66.7 Å². The molecule has 0 radical (unpaired) electrons. The van der Waals surface area contributed by atoms with Gasteiger partial charge < -0.3 is 5.32 Å². The van der Waals surface area contributed by atoms with E-state index in [2.05, 4.69) is 11.2 Å². The predicted molar refractivity (Wildman–Crippen MR) is 115 cm³/mol. The Labute approximate surface area is 175 Å². The fourth-order valence-corrected chi connectivity index (χ4v) is 3.11. The highest BCUT2D eigenvalue weighted by molar-refractivity contribution is 6.09. The van der Waals surface area contributed by atoms with Gasteiger partial charge in [-0.3, -0.25) is 14.5 Å². The summed E-state index contributed by atoms with van der Waals surface area (Å²) >= 11 is 0. The maximum Gasteiger partial charge on any atom is 0.303 e. The molecule has 0 aliphatic rings. The molecule has 5 nitrogen and oxygen atoms in total. The summed E-state index contributed by atoms with van der Waals surface area (Å²) in [6.45, 7) is 0.305. The number of carbonyl (C=O) groups is 2. The molecule has 146 valence electrons. The summed E-state index contributed by atoms with van der Waals surface area (Å²) in [6.07, 6.45) is 5.42. The molecule has 5 heteroatoms. The van der Waals surface area contributed by atoms with Gasteiger partial charge in [0.1, 0.15) is 6.04 Å². The Kier molecular flexibility index (Phi) is 6.61. The third-order valence-electron chi connectivity index (χ3n) is 4.53. The number of amides is 2. The van der Waals surface area contributed by atoms with Gasteiger partial charge in [0.05, 0.1) is 11.6 Å². The number of benzene rings is 3. The van der Waals surface area contributed by atoms with Crippen LogP contribution in [0.1, 0.15) is 22.7 Å². The van der Waals surface area contributed by atoms with Gasteiger partial charge in [0.25, 0.3) is 0 Å². The zero-order valence-corrected chi connectivity index (χ0v) is 16.2. The van der Waals surface area contributed by atoms with Crippen molar-refractivity contribution in [2.75, 3.05) is 4.90 Å². The summed E-state index contributed by atoms with van der Waals surface area (Å²) in [5.41, 5.74) is 2.27. The Morgan fingerprint density at radius 2 is 1.63 bits per heavy atom. The van der Waals surface area contributed by atoms with Gasteiger partial charge in [0.15, 0.2) is 0 Å². The molecular weight excluding hydrogens is 374 g/mol. The summed E-state index contributed by atoms with van der Waals surface area (Å²) in [5.74, 6) is 1.05. The fraction of sp³-hybridized carbons (Fsp3) is 0.0800. The molecule has 0 fully saturated rings. The van der Waals surface area contributed by atoms with Gasteiger partial charge in [0, 0.05) is 12.2 Å². The van der Waals surface area contributed by atoms with Crippen LogP contribution >= 0.6 is 0 Å². The van der Waals surface area contributed by atoms with E-state index in [0.29, 0.717) is 23.4 Å². The van der Waals surface area contributed by atoms with Gasteiger partial charge in [-0.05, 0) is 35.2 Å². The van der Waals surface area contributed by atoms with Crippen molar-refractivity contribution in [1.29, 1.82) is 5.26 Å². The molecule has 30 heavy (non-hydrogen) atoms. The number of anilines is 1. The van der Waals surface area contributed by atoms with E-state index in [-0.39, 0.29) is 5.91 Å². The number of carbonyl (C=O) groups excluding carboxylic acids is 2. The molecule has 0 saturated carbocycles. The van der Waals surface area contributed by atoms with Gasteiger partial charge in [-0.15, -0.1) is 6.42 Å². The maximum absolute atomic E-state index is 13.3. The van der Waals surface area contributed by atoms with Crippen LogP contribution in [-0.2, 0) is 16.1 Å². The lowest BCUT2D eigenvalue weighted by Gasteiger charge is -2.30. The number of nitrogens with one attached hydrogen (secondary N) is 1. The minimum atomic E-state index is -0.993. The number of nitriles is 1. The molecule has 0 spiro atoms. The molecule has 3 aromatic rings. The van der Waals surface area contributed by atoms with E-state index >= 15 is 0 Å². The summed E-state index contributed by atoms with van der Waals surface area (Å²) in [5, 5.41) is 12.1. The lowest BCUT2D eigenvalue weighted by molar-refractivity contribution is -0.125. The van der Waals surface area contributed by atoms with Crippen molar-refractivity contribution in [3.63, 3.8) is 0 Å². The normalized spacial score (nSPS) is 10.9. The highest BCUT2D eigenvalue weighted by Gasteiger charge is 2.32. The average Bonchev–Trinajstić information content (AvgIpc) is 2.81. The largest absolute Gasteiger partial charge is 0.350 e. The minimum absolute atomic E-state index is 0.305. The fourth-order valence-electron chi connectivity index (χ4n) is 3.11. The van der Waals surface area contributed by atoms with Gasteiger partial charge in [-0.25, -0.2) is 0 Å². The average molecular weight is 393 g/mol. The molecule has 3 aromatic carbocycles. The zero-order chi connectivity index (χ0) is 21.3. The molecule has 1 N–H and O–H groups in total. The predicted octanol–water partition coefficient (Wildman–Crippen LogP) is 3.58. The Hall–Kier alpha value is -4.35. The first-order valence-corrected chi connectivity index (χ1v) is 9.30. The van der Waals surface area contributed by atoms with Crippen molar-refractivity contribution in [3.8, 4) is 18.4 Å². The Morgan fingerprint density at radius 1 is 0.967 bits per heavy atom. The SMILES string of the molecule is C#CC(=O)N(c1cccc(C#N)c1)C(C(=O)NCc1ccccc1)c1ccccc1. The lowest BCUT2D eigenvalue weighted by Crippen LogP contribution is -2.43. The first-order chi connectivity index (χ1) is 14.6. The number of hydrogen-bond donors (Lipinski definition) is 1. The number of rotatable bonds is 6. The van der Waals surface area contributed by atoms with E-state index in [1.54, 1.807) is 42.5 Å². The summed E-state index contributed by atoms with van der Waals surface area (Å²) in [7, 11) is 0. The van der Waals surface area contributed by atoms with Crippen molar-refractivity contribution in [2.24, 2.45) is 0 Å². The van der Waals surface area contributed by atoms with E-state index < -0.39 is 11.9 Å². The van der Waals surface area contributed by atoms with E-state index in [0.717, 1.165) is 5.56 Å². The van der Waals surface area contributed by atoms with Gasteiger partial charge >= 0.3 is 5.91 Å². The molecule has 0 saturated heterocycles. The van der Waals surface area contributed by atoms with Crippen LogP contribution in [0.5, 0.6) is 0 Å². The van der Waals surface area contributed by atoms with Crippen LogP contribution < -0.4 is 10.2 Å². The van der Waals surface area contributed by atoms with Crippen LogP contribution in [0.3, 0.4) is 0 Å². The Morgan fingerprint density at radius 3 is 2.27 bits per heavy atom. The van der Waals surface area contributed by atoms with E-state index in [1.165, 1.54) is 11.0 Å². The number of hydrogen-bond acceptors (Lipinski definition) is 3. The van der Waals surface area contributed by atoms with Crippen LogP contribution in [0.25, 0.3) is 0 Å². The molecule has 0 heterocycles.